The summed E-state index contributed by atoms with van der Waals surface area (Å²) < 4.78 is 21.3. The first-order valence-electron chi connectivity index (χ1n) is 10.0. The maximum Gasteiger partial charge on any atom is 0.190 e. The zero-order valence-electron chi connectivity index (χ0n) is 18.6. The smallest absolute Gasteiger partial charge is 0.190 e. The summed E-state index contributed by atoms with van der Waals surface area (Å²) in [4.78, 5) is 4.29. The van der Waals surface area contributed by atoms with E-state index in [-0.39, 0.29) is 0 Å². The van der Waals surface area contributed by atoms with Crippen LogP contribution < -0.4 is 29.6 Å². The first kappa shape index (κ1) is 23.2. The number of rotatable bonds is 11. The highest BCUT2D eigenvalue weighted by Gasteiger charge is 2.06. The second kappa shape index (κ2) is 12.5. The van der Waals surface area contributed by atoms with Crippen molar-refractivity contribution in [2.24, 2.45) is 4.99 Å². The van der Waals surface area contributed by atoms with Gasteiger partial charge < -0.3 is 29.6 Å². The fraction of sp³-hybridized carbons (Fsp3) is 0.435. The van der Waals surface area contributed by atoms with Crippen LogP contribution in [0.2, 0.25) is 0 Å². The number of aryl methyl sites for hydroxylation is 1. The third-order valence-corrected chi connectivity index (χ3v) is 4.76. The van der Waals surface area contributed by atoms with E-state index in [0.29, 0.717) is 0 Å². The normalized spacial score (nSPS) is 11.0. The first-order chi connectivity index (χ1) is 14.6. The number of methoxy groups -OCH3 is 4. The summed E-state index contributed by atoms with van der Waals surface area (Å²) in [6.07, 6.45) is 2.77. The monoisotopic (exact) mass is 415 g/mol. The molecule has 164 valence electrons. The van der Waals surface area contributed by atoms with Crippen LogP contribution in [0.3, 0.4) is 0 Å². The van der Waals surface area contributed by atoms with Crippen molar-refractivity contribution in [2.45, 2.75) is 19.3 Å². The van der Waals surface area contributed by atoms with Gasteiger partial charge in [0.15, 0.2) is 29.0 Å². The van der Waals surface area contributed by atoms with Crippen LogP contribution in [0.15, 0.2) is 41.4 Å². The molecular formula is C23H33N3O4. The second-order valence-corrected chi connectivity index (χ2v) is 6.66. The molecule has 0 aliphatic rings. The number of ether oxygens (including phenoxy) is 4. The molecule has 0 saturated heterocycles. The zero-order chi connectivity index (χ0) is 21.8. The summed E-state index contributed by atoms with van der Waals surface area (Å²) in [6, 6.07) is 12.0. The fourth-order valence-corrected chi connectivity index (χ4v) is 3.12. The summed E-state index contributed by atoms with van der Waals surface area (Å²) in [5, 5.41) is 6.70. The zero-order valence-corrected chi connectivity index (χ0v) is 18.6. The molecule has 0 fully saturated rings. The number of aliphatic imine (C=N–C) groups is 1. The van der Waals surface area contributed by atoms with E-state index in [0.717, 1.165) is 61.3 Å². The van der Waals surface area contributed by atoms with Crippen LogP contribution in [0.1, 0.15) is 17.5 Å². The Hall–Kier alpha value is -3.09. The van der Waals surface area contributed by atoms with Gasteiger partial charge in [0.05, 0.1) is 28.4 Å². The van der Waals surface area contributed by atoms with Crippen molar-refractivity contribution in [2.75, 3.05) is 48.6 Å². The molecule has 2 N–H and O–H groups in total. The van der Waals surface area contributed by atoms with Crippen LogP contribution >= 0.6 is 0 Å². The summed E-state index contributed by atoms with van der Waals surface area (Å²) >= 11 is 0. The van der Waals surface area contributed by atoms with Crippen molar-refractivity contribution in [1.29, 1.82) is 0 Å². The average molecular weight is 416 g/mol. The van der Waals surface area contributed by atoms with Gasteiger partial charge in [0.2, 0.25) is 0 Å². The minimum atomic E-state index is 0.737. The van der Waals surface area contributed by atoms with Gasteiger partial charge in [0.1, 0.15) is 0 Å². The van der Waals surface area contributed by atoms with E-state index >= 15 is 0 Å². The molecule has 2 aromatic rings. The van der Waals surface area contributed by atoms with Crippen LogP contribution in [-0.2, 0) is 12.8 Å². The van der Waals surface area contributed by atoms with Crippen LogP contribution in [0, 0.1) is 0 Å². The lowest BCUT2D eigenvalue weighted by Crippen LogP contribution is -2.38. The molecular weight excluding hydrogens is 382 g/mol. The van der Waals surface area contributed by atoms with Gasteiger partial charge in [-0.2, -0.15) is 0 Å². The third-order valence-electron chi connectivity index (χ3n) is 4.76. The van der Waals surface area contributed by atoms with Gasteiger partial charge in [-0.05, 0) is 54.7 Å². The van der Waals surface area contributed by atoms with Crippen molar-refractivity contribution in [1.82, 2.24) is 10.6 Å². The highest BCUT2D eigenvalue weighted by molar-refractivity contribution is 5.79. The minimum absolute atomic E-state index is 0.737. The van der Waals surface area contributed by atoms with Gasteiger partial charge in [-0.3, -0.25) is 4.99 Å². The molecule has 0 amide bonds. The Labute approximate surface area is 179 Å². The van der Waals surface area contributed by atoms with Crippen molar-refractivity contribution < 1.29 is 18.9 Å². The van der Waals surface area contributed by atoms with Gasteiger partial charge in [-0.25, -0.2) is 0 Å². The van der Waals surface area contributed by atoms with Gasteiger partial charge in [0, 0.05) is 20.1 Å². The quantitative estimate of drug-likeness (QED) is 0.334. The molecule has 0 saturated carbocycles. The Morgan fingerprint density at radius 2 is 1.20 bits per heavy atom. The Morgan fingerprint density at radius 3 is 1.70 bits per heavy atom. The standard InChI is InChI=1S/C23H33N3O4/c1-24-23(26-14-12-18-9-11-20(28-3)22(16-18)30-5)25-13-6-7-17-8-10-19(27-2)21(15-17)29-4/h8-11,15-16H,6-7,12-14H2,1-5H3,(H2,24,25,26). The summed E-state index contributed by atoms with van der Waals surface area (Å²) in [7, 11) is 8.36. The van der Waals surface area contributed by atoms with E-state index in [1.165, 1.54) is 11.1 Å². The third kappa shape index (κ3) is 6.76. The number of nitrogens with one attached hydrogen (secondary N) is 2. The highest BCUT2D eigenvalue weighted by atomic mass is 16.5. The predicted molar refractivity (Wildman–Crippen MR) is 120 cm³/mol. The van der Waals surface area contributed by atoms with Crippen molar-refractivity contribution in [3.63, 3.8) is 0 Å². The van der Waals surface area contributed by atoms with Crippen molar-refractivity contribution in [3.05, 3.63) is 47.5 Å². The summed E-state index contributed by atoms with van der Waals surface area (Å²) in [5.74, 6) is 3.78. The lowest BCUT2D eigenvalue weighted by Gasteiger charge is -2.13. The molecule has 0 unspecified atom stereocenters. The van der Waals surface area contributed by atoms with Crippen LogP contribution in [0.4, 0.5) is 0 Å². The van der Waals surface area contributed by atoms with E-state index in [4.69, 9.17) is 18.9 Å². The number of hydrogen-bond acceptors (Lipinski definition) is 5. The van der Waals surface area contributed by atoms with Gasteiger partial charge in [-0.15, -0.1) is 0 Å². The van der Waals surface area contributed by atoms with Crippen molar-refractivity contribution >= 4 is 5.96 Å². The Morgan fingerprint density at radius 1 is 0.700 bits per heavy atom. The van der Waals surface area contributed by atoms with Crippen LogP contribution in [0.25, 0.3) is 0 Å². The molecule has 0 aliphatic carbocycles. The predicted octanol–water partition coefficient (Wildman–Crippen LogP) is 3.06. The Balaban J connectivity index is 1.74. The van der Waals surface area contributed by atoms with Crippen LogP contribution in [-0.4, -0.2) is 54.5 Å². The van der Waals surface area contributed by atoms with E-state index in [1.54, 1.807) is 35.5 Å². The molecule has 2 aromatic carbocycles. The maximum atomic E-state index is 5.36. The van der Waals surface area contributed by atoms with E-state index < -0.39 is 0 Å². The van der Waals surface area contributed by atoms with E-state index in [2.05, 4.69) is 21.7 Å². The summed E-state index contributed by atoms with van der Waals surface area (Å²) in [6.45, 7) is 1.59. The van der Waals surface area contributed by atoms with E-state index in [9.17, 15) is 0 Å². The molecule has 0 heterocycles. The molecule has 0 aliphatic heterocycles. The Bertz CT molecular complexity index is 824. The number of hydrogen-bond donors (Lipinski definition) is 2. The lowest BCUT2D eigenvalue weighted by molar-refractivity contribution is 0.354. The van der Waals surface area contributed by atoms with Gasteiger partial charge in [-0.1, -0.05) is 12.1 Å². The molecule has 0 aromatic heterocycles. The Kier molecular flexibility index (Phi) is 9.64. The molecule has 7 nitrogen and oxygen atoms in total. The van der Waals surface area contributed by atoms with Gasteiger partial charge in [0.25, 0.3) is 0 Å². The van der Waals surface area contributed by atoms with Gasteiger partial charge >= 0.3 is 0 Å². The second-order valence-electron chi connectivity index (χ2n) is 6.66. The number of guanidine groups is 1. The number of benzene rings is 2. The lowest BCUT2D eigenvalue weighted by atomic mass is 10.1. The summed E-state index contributed by atoms with van der Waals surface area (Å²) in [5.41, 5.74) is 2.38. The largest absolute Gasteiger partial charge is 0.493 e. The topological polar surface area (TPSA) is 73.3 Å². The minimum Gasteiger partial charge on any atom is -0.493 e. The molecule has 0 atom stereocenters. The van der Waals surface area contributed by atoms with E-state index in [1.807, 2.05) is 30.3 Å². The van der Waals surface area contributed by atoms with Crippen LogP contribution in [0.5, 0.6) is 23.0 Å². The fourth-order valence-electron chi connectivity index (χ4n) is 3.12. The molecule has 0 bridgehead atoms. The van der Waals surface area contributed by atoms with Crippen molar-refractivity contribution in [3.8, 4) is 23.0 Å². The first-order valence-corrected chi connectivity index (χ1v) is 10.0. The maximum absolute atomic E-state index is 5.36. The molecule has 2 rings (SSSR count). The molecule has 0 radical (unpaired) electrons. The SMILES string of the molecule is CN=C(NCCCc1ccc(OC)c(OC)c1)NCCc1ccc(OC)c(OC)c1. The molecule has 0 spiro atoms. The molecule has 30 heavy (non-hydrogen) atoms. The average Bonchev–Trinajstić information content (AvgIpc) is 2.80. The number of nitrogens with zero attached hydrogens (tertiary/aromatic N) is 1. The highest BCUT2D eigenvalue weighted by Crippen LogP contribution is 2.28. The molecule has 7 heteroatoms.